The fraction of sp³-hybridized carbons (Fsp3) is 0.133. The molecule has 0 fully saturated rings. The number of nitrogens with two attached hydrogens (primary N) is 1. The minimum absolute atomic E-state index is 0.316. The van der Waals surface area contributed by atoms with Gasteiger partial charge in [0, 0.05) is 4.47 Å². The van der Waals surface area contributed by atoms with Gasteiger partial charge in [-0.05, 0) is 53.2 Å². The first kappa shape index (κ1) is 13.9. The smallest absolute Gasteiger partial charge is 0.206 e. The topological polar surface area (TPSA) is 53.1 Å². The second-order valence-corrected chi connectivity index (χ2v) is 5.31. The standard InChI is InChI=1S/C15H13BrFN3O/c1-2-21-13-5-3-4-12-14(13)19-15(18)20(12)11-7-6-9(17)8-10(11)16/h3-8H,2H2,1H3,(H2,18,19). The Morgan fingerprint density at radius 2 is 2.14 bits per heavy atom. The molecule has 0 aliphatic carbocycles. The molecule has 0 bridgehead atoms. The number of nitrogens with zero attached hydrogens (tertiary/aromatic N) is 2. The highest BCUT2D eigenvalue weighted by molar-refractivity contribution is 9.10. The molecule has 1 heterocycles. The maximum atomic E-state index is 13.3. The van der Waals surface area contributed by atoms with Crippen LogP contribution in [0.25, 0.3) is 16.7 Å². The van der Waals surface area contributed by atoms with Crippen LogP contribution in [-0.2, 0) is 0 Å². The van der Waals surface area contributed by atoms with E-state index in [1.54, 1.807) is 10.6 Å². The number of benzene rings is 2. The highest BCUT2D eigenvalue weighted by atomic mass is 79.9. The number of nitrogen functional groups attached to an aromatic ring is 1. The summed E-state index contributed by atoms with van der Waals surface area (Å²) in [7, 11) is 0. The van der Waals surface area contributed by atoms with Gasteiger partial charge in [0.05, 0.1) is 17.8 Å². The van der Waals surface area contributed by atoms with Crippen molar-refractivity contribution in [2.75, 3.05) is 12.3 Å². The van der Waals surface area contributed by atoms with Crippen LogP contribution in [0, 0.1) is 5.82 Å². The van der Waals surface area contributed by atoms with Crippen LogP contribution in [0.1, 0.15) is 6.92 Å². The van der Waals surface area contributed by atoms with Crippen molar-refractivity contribution in [3.8, 4) is 11.4 Å². The van der Waals surface area contributed by atoms with E-state index in [9.17, 15) is 4.39 Å². The normalized spacial score (nSPS) is 11.0. The SMILES string of the molecule is CCOc1cccc2c1nc(N)n2-c1ccc(F)cc1Br. The zero-order valence-electron chi connectivity index (χ0n) is 11.3. The molecule has 0 radical (unpaired) electrons. The van der Waals surface area contributed by atoms with Crippen LogP contribution in [0.3, 0.4) is 0 Å². The van der Waals surface area contributed by atoms with Gasteiger partial charge >= 0.3 is 0 Å². The predicted molar refractivity (Wildman–Crippen MR) is 84.3 cm³/mol. The molecule has 0 saturated heterocycles. The van der Waals surface area contributed by atoms with E-state index in [0.29, 0.717) is 28.3 Å². The van der Waals surface area contributed by atoms with Crippen molar-refractivity contribution in [2.45, 2.75) is 6.92 Å². The first-order valence-corrected chi connectivity index (χ1v) is 7.26. The summed E-state index contributed by atoms with van der Waals surface area (Å²) >= 11 is 3.36. The van der Waals surface area contributed by atoms with E-state index in [2.05, 4.69) is 20.9 Å². The second kappa shape index (κ2) is 5.37. The molecule has 2 N–H and O–H groups in total. The van der Waals surface area contributed by atoms with Gasteiger partial charge in [-0.25, -0.2) is 9.37 Å². The molecule has 4 nitrogen and oxygen atoms in total. The van der Waals surface area contributed by atoms with Crippen molar-refractivity contribution in [3.05, 3.63) is 46.7 Å². The maximum absolute atomic E-state index is 13.3. The first-order valence-electron chi connectivity index (χ1n) is 6.47. The monoisotopic (exact) mass is 349 g/mol. The lowest BCUT2D eigenvalue weighted by molar-refractivity contribution is 0.344. The Bertz CT molecular complexity index is 816. The summed E-state index contributed by atoms with van der Waals surface area (Å²) in [5, 5.41) is 0. The molecule has 108 valence electrons. The Morgan fingerprint density at radius 1 is 1.33 bits per heavy atom. The van der Waals surface area contributed by atoms with Gasteiger partial charge in [-0.2, -0.15) is 0 Å². The van der Waals surface area contributed by atoms with E-state index < -0.39 is 0 Å². The summed E-state index contributed by atoms with van der Waals surface area (Å²) in [6.45, 7) is 2.46. The van der Waals surface area contributed by atoms with Crippen molar-refractivity contribution in [2.24, 2.45) is 0 Å². The number of aromatic nitrogens is 2. The van der Waals surface area contributed by atoms with Crippen LogP contribution in [0.4, 0.5) is 10.3 Å². The molecule has 0 aliphatic heterocycles. The molecule has 6 heteroatoms. The van der Waals surface area contributed by atoms with E-state index in [4.69, 9.17) is 10.5 Å². The van der Waals surface area contributed by atoms with E-state index in [-0.39, 0.29) is 5.82 Å². The molecule has 0 aliphatic rings. The number of imidazole rings is 1. The van der Waals surface area contributed by atoms with Gasteiger partial charge in [-0.3, -0.25) is 4.57 Å². The molecular formula is C15H13BrFN3O. The van der Waals surface area contributed by atoms with Crippen molar-refractivity contribution in [3.63, 3.8) is 0 Å². The number of halogens is 2. The highest BCUT2D eigenvalue weighted by Crippen LogP contribution is 2.32. The van der Waals surface area contributed by atoms with Crippen molar-refractivity contribution >= 4 is 32.9 Å². The number of rotatable bonds is 3. The van der Waals surface area contributed by atoms with Gasteiger partial charge < -0.3 is 10.5 Å². The van der Waals surface area contributed by atoms with Crippen LogP contribution >= 0.6 is 15.9 Å². The maximum Gasteiger partial charge on any atom is 0.206 e. The number of para-hydroxylation sites is 1. The minimum Gasteiger partial charge on any atom is -0.492 e. The number of ether oxygens (including phenoxy) is 1. The van der Waals surface area contributed by atoms with Crippen LogP contribution < -0.4 is 10.5 Å². The second-order valence-electron chi connectivity index (χ2n) is 4.46. The fourth-order valence-corrected chi connectivity index (χ4v) is 2.81. The van der Waals surface area contributed by atoms with Crippen molar-refractivity contribution in [1.29, 1.82) is 0 Å². The molecule has 1 aromatic heterocycles. The van der Waals surface area contributed by atoms with Crippen LogP contribution in [0.5, 0.6) is 5.75 Å². The summed E-state index contributed by atoms with van der Waals surface area (Å²) in [5.74, 6) is 0.687. The minimum atomic E-state index is -0.316. The summed E-state index contributed by atoms with van der Waals surface area (Å²) in [6.07, 6.45) is 0. The summed E-state index contributed by atoms with van der Waals surface area (Å²) < 4.78 is 21.2. The quantitative estimate of drug-likeness (QED) is 0.779. The highest BCUT2D eigenvalue weighted by Gasteiger charge is 2.15. The molecule has 0 spiro atoms. The molecule has 0 atom stereocenters. The van der Waals surface area contributed by atoms with Gasteiger partial charge in [-0.15, -0.1) is 0 Å². The Kier molecular flexibility index (Phi) is 3.55. The molecule has 0 amide bonds. The number of hydrogen-bond donors (Lipinski definition) is 1. The first-order chi connectivity index (χ1) is 10.1. The summed E-state index contributed by atoms with van der Waals surface area (Å²) in [4.78, 5) is 4.37. The molecule has 0 saturated carbocycles. The van der Waals surface area contributed by atoms with E-state index >= 15 is 0 Å². The molecule has 21 heavy (non-hydrogen) atoms. The Balaban J connectivity index is 2.28. The molecule has 0 unspecified atom stereocenters. The van der Waals surface area contributed by atoms with Crippen LogP contribution in [0.2, 0.25) is 0 Å². The predicted octanol–water partition coefficient (Wildman–Crippen LogP) is 3.91. The Morgan fingerprint density at radius 3 is 2.86 bits per heavy atom. The summed E-state index contributed by atoms with van der Waals surface area (Å²) in [6, 6.07) is 10.1. The lowest BCUT2D eigenvalue weighted by Crippen LogP contribution is -2.01. The van der Waals surface area contributed by atoms with E-state index in [0.717, 1.165) is 11.2 Å². The third-order valence-corrected chi connectivity index (χ3v) is 3.76. The van der Waals surface area contributed by atoms with Crippen LogP contribution in [0.15, 0.2) is 40.9 Å². The van der Waals surface area contributed by atoms with Crippen LogP contribution in [-0.4, -0.2) is 16.2 Å². The number of anilines is 1. The molecule has 2 aromatic carbocycles. The van der Waals surface area contributed by atoms with Gasteiger partial charge in [-0.1, -0.05) is 6.07 Å². The zero-order valence-corrected chi connectivity index (χ0v) is 12.9. The third kappa shape index (κ3) is 2.35. The largest absolute Gasteiger partial charge is 0.492 e. The molecule has 3 rings (SSSR count). The van der Waals surface area contributed by atoms with Crippen molar-refractivity contribution < 1.29 is 9.13 Å². The average molecular weight is 350 g/mol. The third-order valence-electron chi connectivity index (χ3n) is 3.12. The van der Waals surface area contributed by atoms with Gasteiger partial charge in [0.2, 0.25) is 5.95 Å². The molecular weight excluding hydrogens is 337 g/mol. The average Bonchev–Trinajstić information content (AvgIpc) is 2.77. The van der Waals surface area contributed by atoms with Gasteiger partial charge in [0.25, 0.3) is 0 Å². The molecule has 3 aromatic rings. The summed E-state index contributed by atoms with van der Waals surface area (Å²) in [5.41, 5.74) is 8.26. The van der Waals surface area contributed by atoms with E-state index in [1.165, 1.54) is 12.1 Å². The van der Waals surface area contributed by atoms with Gasteiger partial charge in [0.15, 0.2) is 0 Å². The number of hydrogen-bond acceptors (Lipinski definition) is 3. The fourth-order valence-electron chi connectivity index (χ4n) is 2.28. The zero-order chi connectivity index (χ0) is 15.0. The lowest BCUT2D eigenvalue weighted by atomic mass is 10.2. The van der Waals surface area contributed by atoms with Gasteiger partial charge in [0.1, 0.15) is 17.1 Å². The van der Waals surface area contributed by atoms with Crippen molar-refractivity contribution in [1.82, 2.24) is 9.55 Å². The Hall–Kier alpha value is -2.08. The van der Waals surface area contributed by atoms with E-state index in [1.807, 2.05) is 25.1 Å². The Labute approximate surface area is 129 Å². The lowest BCUT2D eigenvalue weighted by Gasteiger charge is -2.09. The number of fused-ring (bicyclic) bond motifs is 1.